The van der Waals surface area contributed by atoms with Crippen molar-refractivity contribution >= 4 is 28.9 Å². The summed E-state index contributed by atoms with van der Waals surface area (Å²) in [5.41, 5.74) is 6.15. The topological polar surface area (TPSA) is 64.3 Å². The van der Waals surface area contributed by atoms with Gasteiger partial charge in [-0.3, -0.25) is 4.79 Å². The summed E-state index contributed by atoms with van der Waals surface area (Å²) >= 11 is 5.68. The van der Waals surface area contributed by atoms with Gasteiger partial charge in [0, 0.05) is 5.02 Å². The fourth-order valence-corrected chi connectivity index (χ4v) is 1.48. The number of nitrogen functional groups attached to an aromatic ring is 1. The Labute approximate surface area is 123 Å². The molecule has 0 aliphatic carbocycles. The number of carbonyl (C=O) groups is 1. The smallest absolute Gasteiger partial charge is 0.330 e. The first kappa shape index (κ1) is 17.5. The molecule has 0 bridgehead atoms. The molecule has 0 aromatic heterocycles. The van der Waals surface area contributed by atoms with Crippen LogP contribution in [0.3, 0.4) is 0 Å². The van der Waals surface area contributed by atoms with Crippen LogP contribution in [0.2, 0.25) is 5.02 Å². The molecule has 0 aliphatic heterocycles. The second-order valence-electron chi connectivity index (χ2n) is 4.14. The lowest BCUT2D eigenvalue weighted by Gasteiger charge is -2.15. The zero-order valence-corrected chi connectivity index (χ0v) is 11.5. The Bertz CT molecular complexity index is 500. The molecule has 0 radical (unpaired) electrons. The molecule has 118 valence electrons. The first-order chi connectivity index (χ1) is 9.72. The molecule has 1 amide bonds. The Morgan fingerprint density at radius 3 is 2.67 bits per heavy atom. The van der Waals surface area contributed by atoms with Crippen molar-refractivity contribution in [3.05, 3.63) is 23.2 Å². The maximum Gasteiger partial charge on any atom is 0.330 e. The molecule has 1 aromatic rings. The lowest BCUT2D eigenvalue weighted by Crippen LogP contribution is -2.32. The minimum Gasteiger partial charge on any atom is -0.397 e. The van der Waals surface area contributed by atoms with Gasteiger partial charge in [0.05, 0.1) is 24.4 Å². The van der Waals surface area contributed by atoms with Crippen LogP contribution in [-0.2, 0) is 9.53 Å². The van der Waals surface area contributed by atoms with E-state index < -0.39 is 31.5 Å². The van der Waals surface area contributed by atoms with Crippen LogP contribution >= 0.6 is 11.6 Å². The van der Waals surface area contributed by atoms with Crippen molar-refractivity contribution in [3.63, 3.8) is 0 Å². The molecule has 0 fully saturated rings. The van der Waals surface area contributed by atoms with E-state index in [-0.39, 0.29) is 12.1 Å². The molecule has 0 saturated heterocycles. The van der Waals surface area contributed by atoms with E-state index in [1.807, 2.05) is 0 Å². The molecule has 0 aliphatic rings. The normalized spacial score (nSPS) is 11.7. The molecule has 4 nitrogen and oxygen atoms in total. The number of carbonyl (C=O) groups excluding carboxylic acids is 1. The maximum atomic E-state index is 12.5. The lowest BCUT2D eigenvalue weighted by atomic mass is 10.2. The molecule has 0 heterocycles. The van der Waals surface area contributed by atoms with Gasteiger partial charge >= 0.3 is 12.3 Å². The molecule has 0 saturated carbocycles. The van der Waals surface area contributed by atoms with Gasteiger partial charge in [0.15, 0.2) is 0 Å². The van der Waals surface area contributed by atoms with E-state index in [4.69, 9.17) is 17.3 Å². The van der Waals surface area contributed by atoms with Gasteiger partial charge in [-0.2, -0.15) is 8.78 Å². The predicted octanol–water partition coefficient (Wildman–Crippen LogP) is 3.17. The number of alkyl halides is 4. The summed E-state index contributed by atoms with van der Waals surface area (Å²) in [6, 6.07) is 4.41. The van der Waals surface area contributed by atoms with Gasteiger partial charge in [-0.1, -0.05) is 11.6 Å². The number of rotatable bonds is 7. The summed E-state index contributed by atoms with van der Waals surface area (Å²) in [7, 11) is 0. The van der Waals surface area contributed by atoms with Crippen LogP contribution in [0.5, 0.6) is 0 Å². The van der Waals surface area contributed by atoms with E-state index in [0.717, 1.165) is 0 Å². The van der Waals surface area contributed by atoms with E-state index in [1.54, 1.807) is 0 Å². The monoisotopic (exact) mass is 328 g/mol. The third-order valence-corrected chi connectivity index (χ3v) is 2.61. The number of hydrogen-bond donors (Lipinski definition) is 2. The van der Waals surface area contributed by atoms with E-state index in [0.29, 0.717) is 10.7 Å². The van der Waals surface area contributed by atoms with Gasteiger partial charge in [0.25, 0.3) is 0 Å². The molecular weight excluding hydrogens is 316 g/mol. The van der Waals surface area contributed by atoms with Gasteiger partial charge in [0.2, 0.25) is 5.91 Å². The number of nitrogens with two attached hydrogens (primary N) is 1. The van der Waals surface area contributed by atoms with Crippen LogP contribution < -0.4 is 11.1 Å². The Morgan fingerprint density at radius 1 is 1.43 bits per heavy atom. The third kappa shape index (κ3) is 5.76. The van der Waals surface area contributed by atoms with Gasteiger partial charge in [0.1, 0.15) is 6.61 Å². The van der Waals surface area contributed by atoms with E-state index >= 15 is 0 Å². The van der Waals surface area contributed by atoms with E-state index in [1.165, 1.54) is 18.2 Å². The Morgan fingerprint density at radius 2 is 2.10 bits per heavy atom. The summed E-state index contributed by atoms with van der Waals surface area (Å²) < 4.78 is 53.0. The van der Waals surface area contributed by atoms with Crippen molar-refractivity contribution in [2.75, 3.05) is 24.3 Å². The lowest BCUT2D eigenvalue weighted by molar-refractivity contribution is -0.166. The number of hydrogen-bond acceptors (Lipinski definition) is 3. The van der Waals surface area contributed by atoms with E-state index in [2.05, 4.69) is 10.1 Å². The summed E-state index contributed by atoms with van der Waals surface area (Å²) in [4.78, 5) is 11.5. The van der Waals surface area contributed by atoms with Crippen molar-refractivity contribution in [1.29, 1.82) is 0 Å². The fraction of sp³-hybridized carbons (Fsp3) is 0.417. The highest BCUT2D eigenvalue weighted by molar-refractivity contribution is 6.31. The molecule has 1 rings (SSSR count). The largest absolute Gasteiger partial charge is 0.397 e. The summed E-state index contributed by atoms with van der Waals surface area (Å²) in [6.45, 7) is -1.86. The average molecular weight is 329 g/mol. The molecule has 0 atom stereocenters. The Hall–Kier alpha value is -1.54. The third-order valence-electron chi connectivity index (χ3n) is 2.37. The molecule has 0 unspecified atom stereocenters. The standard InChI is InChI=1S/C12H13ClF4N2O2/c13-7-1-2-9(8(18)5-7)19-10(20)3-4-21-6-12(16,17)11(14)15/h1-2,5,11H,3-4,6,18H2,(H,19,20). The van der Waals surface area contributed by atoms with Gasteiger partial charge in [-0.15, -0.1) is 0 Å². The van der Waals surface area contributed by atoms with Crippen LogP contribution in [0.25, 0.3) is 0 Å². The number of ether oxygens (including phenoxy) is 1. The number of halogens is 5. The van der Waals surface area contributed by atoms with Crippen LogP contribution in [0.15, 0.2) is 18.2 Å². The van der Waals surface area contributed by atoms with Crippen LogP contribution in [0.4, 0.5) is 28.9 Å². The highest BCUT2D eigenvalue weighted by Gasteiger charge is 2.40. The highest BCUT2D eigenvalue weighted by Crippen LogP contribution is 2.24. The molecular formula is C12H13ClF4N2O2. The summed E-state index contributed by atoms with van der Waals surface area (Å²) in [5, 5.41) is 2.81. The minimum absolute atomic E-state index is 0.237. The number of anilines is 2. The minimum atomic E-state index is -4.23. The van der Waals surface area contributed by atoms with Crippen LogP contribution in [0, 0.1) is 0 Å². The molecule has 21 heavy (non-hydrogen) atoms. The quantitative estimate of drug-likeness (QED) is 0.459. The second kappa shape index (κ2) is 7.46. The second-order valence-corrected chi connectivity index (χ2v) is 4.58. The zero-order valence-electron chi connectivity index (χ0n) is 10.7. The Kier molecular flexibility index (Phi) is 6.22. The van der Waals surface area contributed by atoms with Gasteiger partial charge < -0.3 is 15.8 Å². The molecule has 3 N–H and O–H groups in total. The number of amides is 1. The fourth-order valence-electron chi connectivity index (χ4n) is 1.30. The molecule has 1 aromatic carbocycles. The highest BCUT2D eigenvalue weighted by atomic mass is 35.5. The SMILES string of the molecule is Nc1cc(Cl)ccc1NC(=O)CCOCC(F)(F)C(F)F. The van der Waals surface area contributed by atoms with Crippen molar-refractivity contribution in [2.45, 2.75) is 18.8 Å². The van der Waals surface area contributed by atoms with Crippen molar-refractivity contribution in [2.24, 2.45) is 0 Å². The predicted molar refractivity (Wildman–Crippen MR) is 70.9 cm³/mol. The maximum absolute atomic E-state index is 12.5. The van der Waals surface area contributed by atoms with Crippen molar-refractivity contribution < 1.29 is 27.1 Å². The first-order valence-electron chi connectivity index (χ1n) is 5.81. The van der Waals surface area contributed by atoms with Crippen molar-refractivity contribution in [3.8, 4) is 0 Å². The average Bonchev–Trinajstić information content (AvgIpc) is 2.38. The first-order valence-corrected chi connectivity index (χ1v) is 6.19. The summed E-state index contributed by atoms with van der Waals surface area (Å²) in [6.07, 6.45) is -4.08. The number of benzene rings is 1. The summed E-state index contributed by atoms with van der Waals surface area (Å²) in [5.74, 6) is -4.78. The number of nitrogens with one attached hydrogen (secondary N) is 1. The molecule has 0 spiro atoms. The van der Waals surface area contributed by atoms with Crippen LogP contribution in [-0.4, -0.2) is 31.5 Å². The zero-order chi connectivity index (χ0) is 16.0. The van der Waals surface area contributed by atoms with Crippen molar-refractivity contribution in [1.82, 2.24) is 0 Å². The van der Waals surface area contributed by atoms with E-state index in [9.17, 15) is 22.4 Å². The molecule has 9 heteroatoms. The van der Waals surface area contributed by atoms with Crippen LogP contribution in [0.1, 0.15) is 6.42 Å². The Balaban J connectivity index is 2.35. The van der Waals surface area contributed by atoms with Gasteiger partial charge in [-0.05, 0) is 18.2 Å². The van der Waals surface area contributed by atoms with Gasteiger partial charge in [-0.25, -0.2) is 8.78 Å².